The normalized spacial score (nSPS) is 11.6. The van der Waals surface area contributed by atoms with Gasteiger partial charge in [-0.1, -0.05) is 0 Å². The van der Waals surface area contributed by atoms with E-state index in [4.69, 9.17) is 4.55 Å². The molecule has 0 amide bonds. The van der Waals surface area contributed by atoms with Crippen LogP contribution in [0.3, 0.4) is 0 Å². The smallest absolute Gasteiger partial charge is 0.342 e. The number of aromatic nitrogens is 2. The first-order valence-electron chi connectivity index (χ1n) is 3.93. The maximum Gasteiger partial charge on any atom is 0.342 e. The molecule has 15 heavy (non-hydrogen) atoms. The summed E-state index contributed by atoms with van der Waals surface area (Å²) in [4.78, 5) is 13.5. The molecule has 0 fully saturated rings. The van der Waals surface area contributed by atoms with Crippen molar-refractivity contribution in [2.45, 2.75) is 13.5 Å². The van der Waals surface area contributed by atoms with Crippen LogP contribution >= 0.6 is 0 Å². The van der Waals surface area contributed by atoms with Crippen LogP contribution in [0.5, 0.6) is 0 Å². The molecule has 0 spiro atoms. The third kappa shape index (κ3) is 2.99. The SMILES string of the molecule is Cc1ncc([N+](=O)[O-])n1CCS(=O)(=O)O. The Morgan fingerprint density at radius 1 is 1.67 bits per heavy atom. The average Bonchev–Trinajstić information content (AvgIpc) is 2.42. The van der Waals surface area contributed by atoms with Gasteiger partial charge in [0.2, 0.25) is 0 Å². The molecule has 1 rings (SSSR count). The highest BCUT2D eigenvalue weighted by atomic mass is 32.2. The van der Waals surface area contributed by atoms with Gasteiger partial charge in [0.15, 0.2) is 5.82 Å². The summed E-state index contributed by atoms with van der Waals surface area (Å²) in [7, 11) is -4.13. The molecular formula is C6H9N3O5S. The van der Waals surface area contributed by atoms with E-state index in [0.29, 0.717) is 5.82 Å². The molecule has 1 aromatic heterocycles. The van der Waals surface area contributed by atoms with E-state index in [2.05, 4.69) is 4.98 Å². The zero-order valence-electron chi connectivity index (χ0n) is 7.82. The first kappa shape index (κ1) is 11.6. The Bertz CT molecular complexity index is 477. The van der Waals surface area contributed by atoms with Crippen molar-refractivity contribution in [1.82, 2.24) is 9.55 Å². The predicted molar refractivity (Wildman–Crippen MR) is 50.0 cm³/mol. The van der Waals surface area contributed by atoms with Crippen molar-refractivity contribution in [3.05, 3.63) is 22.1 Å². The molecule has 0 saturated carbocycles. The lowest BCUT2D eigenvalue weighted by Crippen LogP contribution is -2.14. The molecule has 1 heterocycles. The molecule has 8 nitrogen and oxygen atoms in total. The lowest BCUT2D eigenvalue weighted by molar-refractivity contribution is -0.392. The molecule has 0 aliphatic carbocycles. The van der Waals surface area contributed by atoms with Gasteiger partial charge >= 0.3 is 5.82 Å². The van der Waals surface area contributed by atoms with Gasteiger partial charge in [-0.25, -0.2) is 9.55 Å². The molecule has 0 saturated heterocycles. The number of nitrogens with zero attached hydrogens (tertiary/aromatic N) is 3. The van der Waals surface area contributed by atoms with Gasteiger partial charge in [-0.3, -0.25) is 4.55 Å². The van der Waals surface area contributed by atoms with Crippen molar-refractivity contribution in [1.29, 1.82) is 0 Å². The van der Waals surface area contributed by atoms with Crippen molar-refractivity contribution in [2.24, 2.45) is 0 Å². The Balaban J connectivity index is 2.93. The fourth-order valence-corrected chi connectivity index (χ4v) is 1.50. The van der Waals surface area contributed by atoms with Crippen molar-refractivity contribution < 1.29 is 17.9 Å². The highest BCUT2D eigenvalue weighted by molar-refractivity contribution is 7.85. The van der Waals surface area contributed by atoms with E-state index in [1.165, 1.54) is 6.92 Å². The molecule has 1 aromatic rings. The van der Waals surface area contributed by atoms with E-state index < -0.39 is 20.8 Å². The maximum absolute atomic E-state index is 10.5. The van der Waals surface area contributed by atoms with E-state index in [1.807, 2.05) is 0 Å². The summed E-state index contributed by atoms with van der Waals surface area (Å²) in [6, 6.07) is 0. The highest BCUT2D eigenvalue weighted by Gasteiger charge is 2.19. The highest BCUT2D eigenvalue weighted by Crippen LogP contribution is 2.13. The quantitative estimate of drug-likeness (QED) is 0.445. The Labute approximate surface area is 85.4 Å². The average molecular weight is 235 g/mol. The molecule has 0 radical (unpaired) electrons. The zero-order chi connectivity index (χ0) is 11.6. The van der Waals surface area contributed by atoms with Gasteiger partial charge in [0.1, 0.15) is 18.5 Å². The summed E-state index contributed by atoms with van der Waals surface area (Å²) in [6.07, 6.45) is 1.04. The summed E-state index contributed by atoms with van der Waals surface area (Å²) < 4.78 is 30.6. The molecular weight excluding hydrogens is 226 g/mol. The van der Waals surface area contributed by atoms with E-state index in [9.17, 15) is 18.5 Å². The summed E-state index contributed by atoms with van der Waals surface area (Å²) in [5, 5.41) is 10.5. The lowest BCUT2D eigenvalue weighted by Gasteiger charge is -2.00. The second-order valence-corrected chi connectivity index (χ2v) is 4.43. The van der Waals surface area contributed by atoms with Gasteiger partial charge < -0.3 is 10.1 Å². The van der Waals surface area contributed by atoms with Crippen LogP contribution in [0.2, 0.25) is 0 Å². The number of imidazole rings is 1. The molecule has 84 valence electrons. The van der Waals surface area contributed by atoms with Crippen molar-refractivity contribution in [3.63, 3.8) is 0 Å². The standard InChI is InChI=1S/C6H9N3O5S/c1-5-7-4-6(9(10)11)8(5)2-3-15(12,13)14/h4H,2-3H2,1H3,(H,12,13,14). The molecule has 0 atom stereocenters. The van der Waals surface area contributed by atoms with Crippen molar-refractivity contribution >= 4 is 15.9 Å². The van der Waals surface area contributed by atoms with Crippen LogP contribution in [-0.4, -0.2) is 33.2 Å². The van der Waals surface area contributed by atoms with Crippen molar-refractivity contribution in [3.8, 4) is 0 Å². The lowest BCUT2D eigenvalue weighted by atomic mass is 10.6. The monoisotopic (exact) mass is 235 g/mol. The van der Waals surface area contributed by atoms with Crippen LogP contribution in [0.4, 0.5) is 5.82 Å². The molecule has 0 bridgehead atoms. The Hall–Kier alpha value is -1.48. The van der Waals surface area contributed by atoms with E-state index in [1.54, 1.807) is 0 Å². The Kier molecular flexibility index (Phi) is 3.05. The number of aryl methyl sites for hydroxylation is 1. The third-order valence-corrected chi connectivity index (χ3v) is 2.49. The minimum absolute atomic E-state index is 0.193. The van der Waals surface area contributed by atoms with Crippen LogP contribution in [-0.2, 0) is 16.7 Å². The van der Waals surface area contributed by atoms with Crippen LogP contribution in [0.1, 0.15) is 5.82 Å². The Morgan fingerprint density at radius 3 is 2.73 bits per heavy atom. The second-order valence-electron chi connectivity index (χ2n) is 2.86. The summed E-state index contributed by atoms with van der Waals surface area (Å²) >= 11 is 0. The molecule has 0 aliphatic heterocycles. The molecule has 0 aromatic carbocycles. The minimum Gasteiger partial charge on any atom is -0.358 e. The number of hydrogen-bond acceptors (Lipinski definition) is 5. The van der Waals surface area contributed by atoms with E-state index in [-0.39, 0.29) is 12.4 Å². The van der Waals surface area contributed by atoms with E-state index >= 15 is 0 Å². The minimum atomic E-state index is -4.13. The number of nitro groups is 1. The van der Waals surface area contributed by atoms with E-state index in [0.717, 1.165) is 10.8 Å². The van der Waals surface area contributed by atoms with Gasteiger partial charge in [0.25, 0.3) is 10.1 Å². The summed E-state index contributed by atoms with van der Waals surface area (Å²) in [6.45, 7) is 1.32. The van der Waals surface area contributed by atoms with Crippen LogP contribution in [0.25, 0.3) is 0 Å². The Morgan fingerprint density at radius 2 is 2.27 bits per heavy atom. The van der Waals surface area contributed by atoms with Crippen molar-refractivity contribution in [2.75, 3.05) is 5.75 Å². The molecule has 0 unspecified atom stereocenters. The molecule has 9 heteroatoms. The topological polar surface area (TPSA) is 115 Å². The van der Waals surface area contributed by atoms with Gasteiger partial charge in [-0.15, -0.1) is 0 Å². The first-order valence-corrected chi connectivity index (χ1v) is 5.54. The fourth-order valence-electron chi connectivity index (χ4n) is 1.09. The third-order valence-electron chi connectivity index (χ3n) is 1.79. The second kappa shape index (κ2) is 3.95. The largest absolute Gasteiger partial charge is 0.358 e. The van der Waals surface area contributed by atoms with Crippen LogP contribution in [0.15, 0.2) is 6.20 Å². The summed E-state index contributed by atoms with van der Waals surface area (Å²) in [5.74, 6) is -0.549. The van der Waals surface area contributed by atoms with Gasteiger partial charge in [-0.2, -0.15) is 8.42 Å². The maximum atomic E-state index is 10.5. The number of hydrogen-bond donors (Lipinski definition) is 1. The van der Waals surface area contributed by atoms with Gasteiger partial charge in [0.05, 0.1) is 0 Å². The molecule has 0 aliphatic rings. The van der Waals surface area contributed by atoms with Gasteiger partial charge in [0, 0.05) is 6.92 Å². The number of rotatable bonds is 4. The predicted octanol–water partition coefficient (Wildman–Crippen LogP) is -0.0125. The molecule has 1 N–H and O–H groups in total. The summed E-state index contributed by atoms with van der Waals surface area (Å²) in [5.41, 5.74) is 0. The van der Waals surface area contributed by atoms with Crippen LogP contribution < -0.4 is 0 Å². The zero-order valence-corrected chi connectivity index (χ0v) is 8.64. The van der Waals surface area contributed by atoms with Gasteiger partial charge in [-0.05, 0) is 4.92 Å². The fraction of sp³-hybridized carbons (Fsp3) is 0.500. The first-order chi connectivity index (χ1) is 6.81. The van der Waals surface area contributed by atoms with Crippen LogP contribution in [0, 0.1) is 17.0 Å².